The minimum absolute atomic E-state index is 0.312. The standard InChI is InChI=1S/C22H14Cl3N5S/c23-16-5-1-14(2-6-16)13-26-29-21-27-20(15-3-7-17(24)8-4-15)28-22(31)30(21)19-11-9-18(25)10-12-19/h1-13H,(H,27,28,29,31)/b26-13+. The summed E-state index contributed by atoms with van der Waals surface area (Å²) in [5, 5.41) is 6.21. The second-order valence-electron chi connectivity index (χ2n) is 6.39. The normalized spacial score (nSPS) is 11.1. The Kier molecular flexibility index (Phi) is 6.63. The summed E-state index contributed by atoms with van der Waals surface area (Å²) in [6, 6.07) is 21.7. The highest BCUT2D eigenvalue weighted by Crippen LogP contribution is 2.23. The molecule has 0 aliphatic heterocycles. The van der Waals surface area contributed by atoms with Crippen molar-refractivity contribution in [2.24, 2.45) is 5.10 Å². The van der Waals surface area contributed by atoms with Gasteiger partial charge in [0.05, 0.1) is 11.9 Å². The molecule has 0 atom stereocenters. The summed E-state index contributed by atoms with van der Waals surface area (Å²) >= 11 is 23.5. The van der Waals surface area contributed by atoms with Gasteiger partial charge in [0, 0.05) is 20.6 Å². The van der Waals surface area contributed by atoms with Crippen LogP contribution in [0.2, 0.25) is 15.1 Å². The van der Waals surface area contributed by atoms with E-state index in [1.54, 1.807) is 47.2 Å². The number of hydrogen-bond acceptors (Lipinski definition) is 5. The Morgan fingerprint density at radius 3 is 1.94 bits per heavy atom. The molecule has 0 aliphatic rings. The molecule has 0 spiro atoms. The van der Waals surface area contributed by atoms with E-state index < -0.39 is 0 Å². The van der Waals surface area contributed by atoms with Crippen molar-refractivity contribution in [1.29, 1.82) is 0 Å². The number of aromatic nitrogens is 3. The van der Waals surface area contributed by atoms with Gasteiger partial charge in [-0.2, -0.15) is 15.1 Å². The van der Waals surface area contributed by atoms with Crippen LogP contribution >= 0.6 is 47.0 Å². The van der Waals surface area contributed by atoms with Crippen molar-refractivity contribution in [1.82, 2.24) is 14.5 Å². The first-order valence-electron chi connectivity index (χ1n) is 9.07. The third-order valence-corrected chi connectivity index (χ3v) is 5.28. The predicted octanol–water partition coefficient (Wildman–Crippen LogP) is 7.07. The van der Waals surface area contributed by atoms with Crippen molar-refractivity contribution in [2.75, 3.05) is 5.43 Å². The Balaban J connectivity index is 1.76. The number of anilines is 1. The van der Waals surface area contributed by atoms with Crippen molar-refractivity contribution in [2.45, 2.75) is 0 Å². The molecule has 0 bridgehead atoms. The van der Waals surface area contributed by atoms with Crippen LogP contribution in [0.3, 0.4) is 0 Å². The molecule has 0 radical (unpaired) electrons. The molecule has 0 amide bonds. The lowest BCUT2D eigenvalue weighted by molar-refractivity contribution is 0.899. The number of hydrazone groups is 1. The number of halogens is 3. The maximum atomic E-state index is 6.03. The van der Waals surface area contributed by atoms with Gasteiger partial charge in [-0.25, -0.2) is 5.43 Å². The van der Waals surface area contributed by atoms with Crippen LogP contribution in [0.4, 0.5) is 5.95 Å². The first-order valence-corrected chi connectivity index (χ1v) is 10.6. The van der Waals surface area contributed by atoms with Gasteiger partial charge < -0.3 is 0 Å². The Bertz CT molecular complexity index is 1290. The van der Waals surface area contributed by atoms with Crippen LogP contribution in [0, 0.1) is 4.77 Å². The molecule has 154 valence electrons. The van der Waals surface area contributed by atoms with Crippen LogP contribution in [-0.4, -0.2) is 20.7 Å². The van der Waals surface area contributed by atoms with Crippen molar-refractivity contribution in [3.05, 3.63) is 98.2 Å². The molecule has 4 rings (SSSR count). The van der Waals surface area contributed by atoms with Crippen LogP contribution in [0.1, 0.15) is 5.56 Å². The van der Waals surface area contributed by atoms with Gasteiger partial charge in [-0.05, 0) is 78.4 Å². The molecular formula is C22H14Cl3N5S. The zero-order valence-corrected chi connectivity index (χ0v) is 18.9. The lowest BCUT2D eigenvalue weighted by Gasteiger charge is -2.13. The Morgan fingerprint density at radius 2 is 1.32 bits per heavy atom. The lowest BCUT2D eigenvalue weighted by Crippen LogP contribution is -2.10. The topological polar surface area (TPSA) is 55.1 Å². The summed E-state index contributed by atoms with van der Waals surface area (Å²) in [4.78, 5) is 9.13. The van der Waals surface area contributed by atoms with Crippen molar-refractivity contribution in [3.63, 3.8) is 0 Å². The van der Waals surface area contributed by atoms with Crippen LogP contribution in [0.15, 0.2) is 77.9 Å². The monoisotopic (exact) mass is 485 g/mol. The molecule has 3 aromatic carbocycles. The van der Waals surface area contributed by atoms with Gasteiger partial charge in [-0.15, -0.1) is 0 Å². The summed E-state index contributed by atoms with van der Waals surface area (Å²) in [6.45, 7) is 0. The molecule has 1 N–H and O–H groups in total. The van der Waals surface area contributed by atoms with Crippen LogP contribution in [0.25, 0.3) is 17.1 Å². The third-order valence-electron chi connectivity index (χ3n) is 4.25. The summed E-state index contributed by atoms with van der Waals surface area (Å²) in [5.74, 6) is 0.855. The molecule has 5 nitrogen and oxygen atoms in total. The maximum absolute atomic E-state index is 6.03. The molecule has 0 unspecified atom stereocenters. The van der Waals surface area contributed by atoms with Gasteiger partial charge in [0.1, 0.15) is 0 Å². The predicted molar refractivity (Wildman–Crippen MR) is 130 cm³/mol. The van der Waals surface area contributed by atoms with E-state index in [4.69, 9.17) is 47.0 Å². The van der Waals surface area contributed by atoms with E-state index in [9.17, 15) is 0 Å². The van der Waals surface area contributed by atoms with Gasteiger partial charge in [-0.3, -0.25) is 4.57 Å². The van der Waals surface area contributed by atoms with Crippen LogP contribution < -0.4 is 5.43 Å². The zero-order chi connectivity index (χ0) is 21.8. The molecule has 0 fully saturated rings. The molecule has 4 aromatic rings. The third kappa shape index (κ3) is 5.29. The molecule has 31 heavy (non-hydrogen) atoms. The lowest BCUT2D eigenvalue weighted by atomic mass is 10.2. The highest BCUT2D eigenvalue weighted by Gasteiger charge is 2.11. The van der Waals surface area contributed by atoms with Gasteiger partial charge in [0.25, 0.3) is 0 Å². The van der Waals surface area contributed by atoms with Crippen molar-refractivity contribution in [3.8, 4) is 17.1 Å². The van der Waals surface area contributed by atoms with Crippen LogP contribution in [-0.2, 0) is 0 Å². The smallest absolute Gasteiger partial charge is 0.232 e. The number of rotatable bonds is 5. The summed E-state index contributed by atoms with van der Waals surface area (Å²) in [7, 11) is 0. The van der Waals surface area contributed by atoms with Crippen LogP contribution in [0.5, 0.6) is 0 Å². The first-order chi connectivity index (χ1) is 15.0. The SMILES string of the molecule is S=c1nc(-c2ccc(Cl)cc2)nc(N/N=C/c2ccc(Cl)cc2)n1-c1ccc(Cl)cc1. The van der Waals surface area contributed by atoms with E-state index in [1.165, 1.54) is 0 Å². The average Bonchev–Trinajstić information content (AvgIpc) is 2.76. The van der Waals surface area contributed by atoms with Gasteiger partial charge in [-0.1, -0.05) is 46.9 Å². The average molecular weight is 487 g/mol. The van der Waals surface area contributed by atoms with E-state index >= 15 is 0 Å². The van der Waals surface area contributed by atoms with Gasteiger partial charge >= 0.3 is 0 Å². The Morgan fingerprint density at radius 1 is 0.774 bits per heavy atom. The zero-order valence-electron chi connectivity index (χ0n) is 15.8. The maximum Gasteiger partial charge on any atom is 0.232 e. The summed E-state index contributed by atoms with van der Waals surface area (Å²) in [5.41, 5.74) is 5.38. The minimum atomic E-state index is 0.312. The second-order valence-corrected chi connectivity index (χ2v) is 8.07. The largest absolute Gasteiger partial charge is 0.254 e. The molecule has 0 saturated heterocycles. The van der Waals surface area contributed by atoms with E-state index in [0.717, 1.165) is 16.8 Å². The fraction of sp³-hybridized carbons (Fsp3) is 0. The minimum Gasteiger partial charge on any atom is -0.254 e. The summed E-state index contributed by atoms with van der Waals surface area (Å²) in [6.07, 6.45) is 1.66. The van der Waals surface area contributed by atoms with E-state index in [1.807, 2.05) is 36.4 Å². The molecule has 0 saturated carbocycles. The first kappa shape index (κ1) is 21.5. The molecular weight excluding hydrogens is 473 g/mol. The Hall–Kier alpha value is -2.77. The van der Waals surface area contributed by atoms with E-state index in [2.05, 4.69) is 20.5 Å². The number of hydrogen-bond donors (Lipinski definition) is 1. The molecule has 1 heterocycles. The van der Waals surface area contributed by atoms with Crippen molar-refractivity contribution < 1.29 is 0 Å². The summed E-state index contributed by atoms with van der Waals surface area (Å²) < 4.78 is 2.00. The molecule has 0 aliphatic carbocycles. The number of benzene rings is 3. The number of nitrogens with zero attached hydrogens (tertiary/aromatic N) is 4. The van der Waals surface area contributed by atoms with E-state index in [0.29, 0.717) is 31.6 Å². The molecule has 9 heteroatoms. The quantitative estimate of drug-likeness (QED) is 0.186. The highest BCUT2D eigenvalue weighted by atomic mass is 35.5. The van der Waals surface area contributed by atoms with E-state index in [-0.39, 0.29) is 0 Å². The number of nitrogens with one attached hydrogen (secondary N) is 1. The fourth-order valence-electron chi connectivity index (χ4n) is 2.75. The molecule has 1 aromatic heterocycles. The van der Waals surface area contributed by atoms with Gasteiger partial charge in [0.2, 0.25) is 10.7 Å². The Labute approximate surface area is 199 Å². The van der Waals surface area contributed by atoms with Gasteiger partial charge in [0.15, 0.2) is 5.82 Å². The van der Waals surface area contributed by atoms with Crippen molar-refractivity contribution >= 4 is 59.2 Å². The fourth-order valence-corrected chi connectivity index (χ4v) is 3.40. The highest BCUT2D eigenvalue weighted by molar-refractivity contribution is 7.71. The second kappa shape index (κ2) is 9.58.